The third-order valence-corrected chi connectivity index (χ3v) is 5.01. The van der Waals surface area contributed by atoms with Gasteiger partial charge in [0.05, 0.1) is 0 Å². The lowest BCUT2D eigenvalue weighted by atomic mass is 9.90. The van der Waals surface area contributed by atoms with Crippen LogP contribution in [0.1, 0.15) is 57.1 Å². The monoisotopic (exact) mass is 338 g/mol. The number of carbonyl (C=O) groups excluding carboxylic acids is 1. The summed E-state index contributed by atoms with van der Waals surface area (Å²) < 4.78 is 0. The number of aryl methyl sites for hydroxylation is 1. The highest BCUT2D eigenvalue weighted by Crippen LogP contribution is 2.26. The summed E-state index contributed by atoms with van der Waals surface area (Å²) in [4.78, 5) is 14.7. The zero-order valence-corrected chi connectivity index (χ0v) is 15.4. The zero-order chi connectivity index (χ0) is 16.1. The van der Waals surface area contributed by atoms with Crippen LogP contribution in [0.15, 0.2) is 24.3 Å². The Balaban J connectivity index is 0.00000264. The van der Waals surface area contributed by atoms with E-state index in [1.165, 1.54) is 11.1 Å². The molecule has 2 rings (SSSR count). The van der Waals surface area contributed by atoms with Gasteiger partial charge in [0.15, 0.2) is 0 Å². The largest absolute Gasteiger partial charge is 0.338 e. The number of halogens is 1. The van der Waals surface area contributed by atoms with Gasteiger partial charge in [-0.25, -0.2) is 0 Å². The summed E-state index contributed by atoms with van der Waals surface area (Å²) in [6.45, 7) is 8.00. The van der Waals surface area contributed by atoms with Gasteiger partial charge >= 0.3 is 0 Å². The van der Waals surface area contributed by atoms with Crippen LogP contribution in [0.2, 0.25) is 0 Å². The van der Waals surface area contributed by atoms with Gasteiger partial charge in [0.25, 0.3) is 0 Å². The van der Waals surface area contributed by atoms with E-state index < -0.39 is 0 Å². The number of amides is 1. The molecule has 2 N–H and O–H groups in total. The fraction of sp³-hybridized carbons (Fsp3) is 0.632. The Kier molecular flexibility index (Phi) is 8.07. The molecule has 1 aliphatic rings. The van der Waals surface area contributed by atoms with Gasteiger partial charge in [-0.1, -0.05) is 45.0 Å². The molecular weight excluding hydrogens is 308 g/mol. The lowest BCUT2D eigenvalue weighted by molar-refractivity contribution is -0.135. The predicted octanol–water partition coefficient (Wildman–Crippen LogP) is 3.75. The van der Waals surface area contributed by atoms with E-state index in [4.69, 9.17) is 5.73 Å². The topological polar surface area (TPSA) is 46.3 Å². The Labute approximate surface area is 147 Å². The average Bonchev–Trinajstić information content (AvgIpc) is 2.54. The highest BCUT2D eigenvalue weighted by Gasteiger charge is 2.29. The lowest BCUT2D eigenvalue weighted by Gasteiger charge is -2.38. The lowest BCUT2D eigenvalue weighted by Crippen LogP contribution is -2.49. The number of likely N-dealkylation sites (tertiary alicyclic amines) is 1. The van der Waals surface area contributed by atoms with Gasteiger partial charge in [-0.3, -0.25) is 4.79 Å². The first-order valence-corrected chi connectivity index (χ1v) is 8.63. The Bertz CT molecular complexity index is 489. The van der Waals surface area contributed by atoms with Crippen molar-refractivity contribution in [3.8, 4) is 0 Å². The van der Waals surface area contributed by atoms with Crippen LogP contribution in [0.3, 0.4) is 0 Å². The SMILES string of the molecule is CCc1ccc(C(C)CC(=O)N2CCC(C)CC2CN)cc1.Cl. The normalized spacial score (nSPS) is 22.3. The van der Waals surface area contributed by atoms with Gasteiger partial charge < -0.3 is 10.6 Å². The van der Waals surface area contributed by atoms with Crippen LogP contribution in [-0.2, 0) is 11.2 Å². The smallest absolute Gasteiger partial charge is 0.223 e. The van der Waals surface area contributed by atoms with Crippen molar-refractivity contribution in [2.75, 3.05) is 13.1 Å². The summed E-state index contributed by atoms with van der Waals surface area (Å²) in [5.74, 6) is 1.20. The zero-order valence-electron chi connectivity index (χ0n) is 14.6. The van der Waals surface area contributed by atoms with Gasteiger partial charge in [0.2, 0.25) is 5.91 Å². The van der Waals surface area contributed by atoms with Gasteiger partial charge in [-0.2, -0.15) is 0 Å². The molecule has 130 valence electrons. The van der Waals surface area contributed by atoms with Crippen molar-refractivity contribution in [2.24, 2.45) is 11.7 Å². The number of nitrogens with two attached hydrogens (primary N) is 1. The highest BCUT2D eigenvalue weighted by atomic mass is 35.5. The summed E-state index contributed by atoms with van der Waals surface area (Å²) >= 11 is 0. The van der Waals surface area contributed by atoms with Crippen LogP contribution >= 0.6 is 12.4 Å². The van der Waals surface area contributed by atoms with E-state index in [9.17, 15) is 4.79 Å². The van der Waals surface area contributed by atoms with Crippen molar-refractivity contribution in [3.05, 3.63) is 35.4 Å². The second-order valence-electron chi connectivity index (χ2n) is 6.81. The fourth-order valence-corrected chi connectivity index (χ4v) is 3.38. The summed E-state index contributed by atoms with van der Waals surface area (Å²) in [5.41, 5.74) is 8.47. The van der Waals surface area contributed by atoms with E-state index in [0.29, 0.717) is 18.9 Å². The van der Waals surface area contributed by atoms with Crippen molar-refractivity contribution in [3.63, 3.8) is 0 Å². The molecule has 0 aromatic heterocycles. The minimum Gasteiger partial charge on any atom is -0.338 e. The number of benzene rings is 1. The third-order valence-electron chi connectivity index (χ3n) is 5.01. The summed E-state index contributed by atoms with van der Waals surface area (Å²) in [7, 11) is 0. The van der Waals surface area contributed by atoms with Crippen LogP contribution in [0.4, 0.5) is 0 Å². The molecule has 0 spiro atoms. The second kappa shape index (κ2) is 9.29. The number of rotatable bonds is 5. The molecule has 23 heavy (non-hydrogen) atoms. The van der Waals surface area contributed by atoms with Gasteiger partial charge in [0.1, 0.15) is 0 Å². The number of carbonyl (C=O) groups is 1. The van der Waals surface area contributed by atoms with Crippen LogP contribution < -0.4 is 5.73 Å². The first-order valence-electron chi connectivity index (χ1n) is 8.63. The minimum absolute atomic E-state index is 0. The Morgan fingerprint density at radius 3 is 2.57 bits per heavy atom. The Hall–Kier alpha value is -1.06. The first kappa shape index (κ1) is 20.0. The molecule has 1 fully saturated rings. The molecular formula is C19H31ClN2O. The average molecular weight is 339 g/mol. The highest BCUT2D eigenvalue weighted by molar-refractivity contribution is 5.85. The predicted molar refractivity (Wildman–Crippen MR) is 99.1 cm³/mol. The van der Waals surface area contributed by atoms with Gasteiger partial charge in [-0.05, 0) is 42.2 Å². The Morgan fingerprint density at radius 1 is 1.35 bits per heavy atom. The van der Waals surface area contributed by atoms with Crippen LogP contribution in [0.25, 0.3) is 0 Å². The summed E-state index contributed by atoms with van der Waals surface area (Å²) in [6.07, 6.45) is 3.78. The van der Waals surface area contributed by atoms with Crippen molar-refractivity contribution < 1.29 is 4.79 Å². The van der Waals surface area contributed by atoms with Gasteiger partial charge in [-0.15, -0.1) is 12.4 Å². The van der Waals surface area contributed by atoms with E-state index in [1.54, 1.807) is 0 Å². The fourth-order valence-electron chi connectivity index (χ4n) is 3.38. The molecule has 1 amide bonds. The maximum Gasteiger partial charge on any atom is 0.223 e. The molecule has 0 bridgehead atoms. The van der Waals surface area contributed by atoms with Crippen molar-refractivity contribution in [1.82, 2.24) is 4.90 Å². The molecule has 1 aromatic rings. The van der Waals surface area contributed by atoms with Gasteiger partial charge in [0, 0.05) is 25.6 Å². The van der Waals surface area contributed by atoms with E-state index >= 15 is 0 Å². The van der Waals surface area contributed by atoms with E-state index in [2.05, 4.69) is 45.0 Å². The molecule has 1 aliphatic heterocycles. The molecule has 1 aromatic carbocycles. The van der Waals surface area contributed by atoms with E-state index in [0.717, 1.165) is 25.8 Å². The molecule has 3 unspecified atom stereocenters. The quantitative estimate of drug-likeness (QED) is 0.888. The molecule has 0 saturated carbocycles. The molecule has 0 aliphatic carbocycles. The minimum atomic E-state index is 0. The molecule has 3 nitrogen and oxygen atoms in total. The number of hydrogen-bond acceptors (Lipinski definition) is 2. The maximum absolute atomic E-state index is 12.7. The first-order chi connectivity index (χ1) is 10.5. The van der Waals surface area contributed by atoms with Crippen LogP contribution in [-0.4, -0.2) is 29.9 Å². The van der Waals surface area contributed by atoms with E-state index in [1.807, 2.05) is 4.90 Å². The summed E-state index contributed by atoms with van der Waals surface area (Å²) in [5, 5.41) is 0. The van der Waals surface area contributed by atoms with Crippen molar-refractivity contribution >= 4 is 18.3 Å². The number of nitrogens with zero attached hydrogens (tertiary/aromatic N) is 1. The molecule has 1 heterocycles. The second-order valence-corrected chi connectivity index (χ2v) is 6.81. The van der Waals surface area contributed by atoms with Crippen molar-refractivity contribution in [1.29, 1.82) is 0 Å². The summed E-state index contributed by atoms with van der Waals surface area (Å²) in [6, 6.07) is 8.89. The van der Waals surface area contributed by atoms with Crippen LogP contribution in [0, 0.1) is 5.92 Å². The Morgan fingerprint density at radius 2 is 2.00 bits per heavy atom. The third kappa shape index (κ3) is 5.22. The number of piperidine rings is 1. The standard InChI is InChI=1S/C19H30N2O.ClH/c1-4-16-5-7-17(8-6-16)15(3)12-19(22)21-10-9-14(2)11-18(21)13-20;/h5-8,14-15,18H,4,9-13,20H2,1-3H3;1H. The molecule has 4 heteroatoms. The van der Waals surface area contributed by atoms with E-state index in [-0.39, 0.29) is 30.3 Å². The molecule has 3 atom stereocenters. The molecule has 1 saturated heterocycles. The number of hydrogen-bond donors (Lipinski definition) is 1. The molecule has 0 radical (unpaired) electrons. The van der Waals surface area contributed by atoms with Crippen molar-refractivity contribution in [2.45, 2.75) is 58.4 Å². The maximum atomic E-state index is 12.7. The van der Waals surface area contributed by atoms with Crippen LogP contribution in [0.5, 0.6) is 0 Å².